The van der Waals surface area contributed by atoms with Crippen LogP contribution in [0.4, 0.5) is 14.5 Å². The van der Waals surface area contributed by atoms with Crippen molar-refractivity contribution in [2.45, 2.75) is 38.7 Å². The van der Waals surface area contributed by atoms with E-state index in [2.05, 4.69) is 10.1 Å². The van der Waals surface area contributed by atoms with Gasteiger partial charge in [0.15, 0.2) is 6.61 Å². The number of amides is 1. The van der Waals surface area contributed by atoms with Crippen LogP contribution in [0.15, 0.2) is 24.3 Å². The van der Waals surface area contributed by atoms with Gasteiger partial charge in [0, 0.05) is 12.1 Å². The maximum atomic E-state index is 12.1. The lowest BCUT2D eigenvalue weighted by molar-refractivity contribution is -0.148. The number of hydrogen-bond acceptors (Lipinski definition) is 4. The minimum atomic E-state index is -2.89. The summed E-state index contributed by atoms with van der Waals surface area (Å²) >= 11 is 0. The van der Waals surface area contributed by atoms with Gasteiger partial charge in [0.05, 0.1) is 0 Å². The van der Waals surface area contributed by atoms with Crippen LogP contribution < -0.4 is 10.1 Å². The normalized spacial score (nSPS) is 24.4. The van der Waals surface area contributed by atoms with Crippen LogP contribution in [0.3, 0.4) is 0 Å². The van der Waals surface area contributed by atoms with E-state index in [0.717, 1.165) is 12.3 Å². The van der Waals surface area contributed by atoms with E-state index >= 15 is 0 Å². The van der Waals surface area contributed by atoms with Crippen LogP contribution in [0.1, 0.15) is 32.1 Å². The van der Waals surface area contributed by atoms with Gasteiger partial charge in [0.25, 0.3) is 5.91 Å². The van der Waals surface area contributed by atoms with Gasteiger partial charge >= 0.3 is 12.6 Å². The maximum Gasteiger partial charge on any atom is 0.387 e. The van der Waals surface area contributed by atoms with Gasteiger partial charge in [-0.25, -0.2) is 0 Å². The van der Waals surface area contributed by atoms with E-state index < -0.39 is 12.5 Å². The lowest BCUT2D eigenvalue weighted by Gasteiger charge is -2.20. The SMILES string of the molecule is O=C(COC(=O)C[C@H]1C[C@@H]2CC[C@H]1C2)Nc1ccc(OC(F)F)cc1. The number of carbonyl (C=O) groups excluding carboxylic acids is 2. The quantitative estimate of drug-likeness (QED) is 0.761. The molecule has 1 aromatic carbocycles. The number of anilines is 1. The highest BCUT2D eigenvalue weighted by molar-refractivity contribution is 5.92. The summed E-state index contributed by atoms with van der Waals surface area (Å²) in [7, 11) is 0. The molecule has 1 N–H and O–H groups in total. The van der Waals surface area contributed by atoms with Gasteiger partial charge < -0.3 is 14.8 Å². The van der Waals surface area contributed by atoms with Crippen LogP contribution in [-0.4, -0.2) is 25.1 Å². The molecular formula is C18H21F2NO4. The molecule has 1 amide bonds. The van der Waals surface area contributed by atoms with Crippen molar-refractivity contribution in [2.75, 3.05) is 11.9 Å². The standard InChI is InChI=1S/C18H21F2NO4/c19-18(20)25-15-5-3-14(4-6-15)21-16(22)10-24-17(23)9-13-8-11-1-2-12(13)7-11/h3-6,11-13,18H,1-2,7-10H2,(H,21,22)/t11-,12+,13-/m1/s1. The van der Waals surface area contributed by atoms with E-state index in [1.54, 1.807) is 0 Å². The van der Waals surface area contributed by atoms with Gasteiger partial charge in [0.2, 0.25) is 0 Å². The number of rotatable bonds is 7. The van der Waals surface area contributed by atoms with Crippen molar-refractivity contribution in [2.24, 2.45) is 17.8 Å². The molecule has 2 bridgehead atoms. The number of fused-ring (bicyclic) bond motifs is 2. The Labute approximate surface area is 144 Å². The molecular weight excluding hydrogens is 332 g/mol. The molecule has 2 saturated carbocycles. The molecule has 0 radical (unpaired) electrons. The number of halogens is 2. The first-order valence-corrected chi connectivity index (χ1v) is 8.50. The third kappa shape index (κ3) is 4.90. The average molecular weight is 353 g/mol. The predicted molar refractivity (Wildman–Crippen MR) is 86.2 cm³/mol. The Morgan fingerprint density at radius 3 is 2.52 bits per heavy atom. The summed E-state index contributed by atoms with van der Waals surface area (Å²) < 4.78 is 33.4. The van der Waals surface area contributed by atoms with Crippen molar-refractivity contribution < 1.29 is 27.8 Å². The van der Waals surface area contributed by atoms with E-state index in [1.807, 2.05) is 0 Å². The first kappa shape index (κ1) is 17.6. The number of benzene rings is 1. The van der Waals surface area contributed by atoms with Gasteiger partial charge in [-0.05, 0) is 61.3 Å². The number of hydrogen-bond donors (Lipinski definition) is 1. The fourth-order valence-electron chi connectivity index (χ4n) is 3.96. The first-order valence-electron chi connectivity index (χ1n) is 8.50. The molecule has 0 heterocycles. The Balaban J connectivity index is 1.38. The third-order valence-electron chi connectivity index (χ3n) is 5.04. The van der Waals surface area contributed by atoms with Gasteiger partial charge in [-0.2, -0.15) is 8.78 Å². The molecule has 3 atom stereocenters. The Morgan fingerprint density at radius 2 is 1.92 bits per heavy atom. The van der Waals surface area contributed by atoms with Crippen molar-refractivity contribution >= 4 is 17.6 Å². The fraction of sp³-hybridized carbons (Fsp3) is 0.556. The van der Waals surface area contributed by atoms with Crippen LogP contribution in [0, 0.1) is 17.8 Å². The van der Waals surface area contributed by atoms with Crippen LogP contribution in [0.5, 0.6) is 5.75 Å². The van der Waals surface area contributed by atoms with Gasteiger partial charge in [-0.15, -0.1) is 0 Å². The smallest absolute Gasteiger partial charge is 0.387 e. The van der Waals surface area contributed by atoms with E-state index in [1.165, 1.54) is 43.5 Å². The van der Waals surface area contributed by atoms with Gasteiger partial charge in [0.1, 0.15) is 5.75 Å². The largest absolute Gasteiger partial charge is 0.456 e. The summed E-state index contributed by atoms with van der Waals surface area (Å²) in [5, 5.41) is 2.54. The molecule has 25 heavy (non-hydrogen) atoms. The monoisotopic (exact) mass is 353 g/mol. The maximum absolute atomic E-state index is 12.1. The van der Waals surface area contributed by atoms with E-state index in [4.69, 9.17) is 4.74 Å². The second-order valence-corrected chi connectivity index (χ2v) is 6.75. The first-order chi connectivity index (χ1) is 12.0. The molecule has 2 aliphatic carbocycles. The van der Waals surface area contributed by atoms with Crippen LogP contribution >= 0.6 is 0 Å². The Bertz CT molecular complexity index is 620. The Morgan fingerprint density at radius 1 is 1.16 bits per heavy atom. The molecule has 0 saturated heterocycles. The molecule has 136 valence electrons. The number of ether oxygens (including phenoxy) is 2. The molecule has 0 unspecified atom stereocenters. The summed E-state index contributed by atoms with van der Waals surface area (Å²) in [5.74, 6) is 1.00. The summed E-state index contributed by atoms with van der Waals surface area (Å²) in [4.78, 5) is 23.7. The second-order valence-electron chi connectivity index (χ2n) is 6.75. The zero-order chi connectivity index (χ0) is 17.8. The number of alkyl halides is 2. The molecule has 0 aromatic heterocycles. The third-order valence-corrected chi connectivity index (χ3v) is 5.04. The van der Waals surface area contributed by atoms with Crippen LogP contribution in [0.25, 0.3) is 0 Å². The van der Waals surface area contributed by atoms with E-state index in [-0.39, 0.29) is 18.3 Å². The van der Waals surface area contributed by atoms with Crippen molar-refractivity contribution in [3.63, 3.8) is 0 Å². The minimum Gasteiger partial charge on any atom is -0.456 e. The summed E-state index contributed by atoms with van der Waals surface area (Å²) in [6.07, 6.45) is 5.19. The number of carbonyl (C=O) groups is 2. The lowest BCUT2D eigenvalue weighted by atomic mass is 9.86. The molecule has 2 fully saturated rings. The predicted octanol–water partition coefficient (Wildman–Crippen LogP) is 3.60. The van der Waals surface area contributed by atoms with E-state index in [9.17, 15) is 18.4 Å². The fourth-order valence-corrected chi connectivity index (χ4v) is 3.96. The molecule has 1 aromatic rings. The Hall–Kier alpha value is -2.18. The van der Waals surface area contributed by atoms with Crippen LogP contribution in [0.2, 0.25) is 0 Å². The van der Waals surface area contributed by atoms with Crippen molar-refractivity contribution in [1.82, 2.24) is 0 Å². The van der Waals surface area contributed by atoms with E-state index in [0.29, 0.717) is 23.9 Å². The van der Waals surface area contributed by atoms with Gasteiger partial charge in [-0.1, -0.05) is 6.42 Å². The zero-order valence-electron chi connectivity index (χ0n) is 13.8. The lowest BCUT2D eigenvalue weighted by Crippen LogP contribution is -2.23. The average Bonchev–Trinajstić information content (AvgIpc) is 3.17. The summed E-state index contributed by atoms with van der Waals surface area (Å²) in [5.41, 5.74) is 0.413. The van der Waals surface area contributed by atoms with Crippen LogP contribution in [-0.2, 0) is 14.3 Å². The highest BCUT2D eigenvalue weighted by atomic mass is 19.3. The van der Waals surface area contributed by atoms with Crippen molar-refractivity contribution in [3.05, 3.63) is 24.3 Å². The summed E-state index contributed by atoms with van der Waals surface area (Å²) in [6, 6.07) is 5.52. The highest BCUT2D eigenvalue weighted by Crippen LogP contribution is 2.49. The molecule has 0 spiro atoms. The zero-order valence-corrected chi connectivity index (χ0v) is 13.8. The van der Waals surface area contributed by atoms with Crippen molar-refractivity contribution in [3.8, 4) is 5.75 Å². The van der Waals surface area contributed by atoms with Crippen molar-refractivity contribution in [1.29, 1.82) is 0 Å². The Kier molecular flexibility index (Phi) is 5.50. The topological polar surface area (TPSA) is 64.6 Å². The van der Waals surface area contributed by atoms with Gasteiger partial charge in [-0.3, -0.25) is 9.59 Å². The number of nitrogens with one attached hydrogen (secondary N) is 1. The molecule has 3 rings (SSSR count). The molecule has 0 aliphatic heterocycles. The molecule has 7 heteroatoms. The second kappa shape index (κ2) is 7.80. The molecule has 2 aliphatic rings. The minimum absolute atomic E-state index is 0.00490. The summed E-state index contributed by atoms with van der Waals surface area (Å²) in [6.45, 7) is -3.25. The molecule has 5 nitrogen and oxygen atoms in total. The highest BCUT2D eigenvalue weighted by Gasteiger charge is 2.40. The number of esters is 1.